The summed E-state index contributed by atoms with van der Waals surface area (Å²) in [6, 6.07) is -0.456. The Balaban J connectivity index is 3.99. The van der Waals surface area contributed by atoms with Gasteiger partial charge in [-0.3, -0.25) is 0 Å². The molecule has 0 aliphatic carbocycles. The fraction of sp³-hybridized carbons (Fsp3) is 0.667. The molecule has 0 radical (unpaired) electrons. The summed E-state index contributed by atoms with van der Waals surface area (Å²) in [5.41, 5.74) is 7.65. The van der Waals surface area contributed by atoms with Gasteiger partial charge >= 0.3 is 6.09 Å². The van der Waals surface area contributed by atoms with Crippen molar-refractivity contribution in [3.63, 3.8) is 0 Å². The standard InChI is InChI=1S/C9H16N4O2/c1-5-7(12-13-10)6-11-8(14)15-9(2,3)4/h5,7H,1,6H2,2-4H3,(H,11,14). The number of hydrogen-bond acceptors (Lipinski definition) is 3. The van der Waals surface area contributed by atoms with Gasteiger partial charge in [0.05, 0.1) is 6.04 Å². The van der Waals surface area contributed by atoms with E-state index in [9.17, 15) is 4.79 Å². The Morgan fingerprint density at radius 3 is 2.73 bits per heavy atom. The molecular formula is C9H16N4O2. The molecule has 0 aliphatic rings. The Kier molecular flexibility index (Phi) is 5.26. The molecule has 6 heteroatoms. The molecule has 0 heterocycles. The summed E-state index contributed by atoms with van der Waals surface area (Å²) in [4.78, 5) is 13.8. The van der Waals surface area contributed by atoms with Gasteiger partial charge in [-0.25, -0.2) is 4.79 Å². The highest BCUT2D eigenvalue weighted by Gasteiger charge is 2.16. The maximum absolute atomic E-state index is 11.2. The molecule has 0 aromatic carbocycles. The van der Waals surface area contributed by atoms with Crippen molar-refractivity contribution in [1.82, 2.24) is 5.32 Å². The summed E-state index contributed by atoms with van der Waals surface area (Å²) in [5, 5.41) is 5.88. The molecule has 0 saturated heterocycles. The number of ether oxygens (including phenoxy) is 1. The number of hydrogen-bond donors (Lipinski definition) is 1. The van der Waals surface area contributed by atoms with Crippen LogP contribution >= 0.6 is 0 Å². The maximum atomic E-state index is 11.2. The van der Waals surface area contributed by atoms with Crippen LogP contribution in [0.1, 0.15) is 20.8 Å². The Bertz CT molecular complexity index is 276. The minimum Gasteiger partial charge on any atom is -0.444 e. The first-order valence-electron chi connectivity index (χ1n) is 4.52. The molecule has 6 nitrogen and oxygen atoms in total. The number of azide groups is 1. The van der Waals surface area contributed by atoms with Gasteiger partial charge in [-0.15, -0.1) is 6.58 Å². The quantitative estimate of drug-likeness (QED) is 0.335. The number of rotatable bonds is 4. The van der Waals surface area contributed by atoms with E-state index in [1.165, 1.54) is 6.08 Å². The molecule has 0 saturated carbocycles. The lowest BCUT2D eigenvalue weighted by molar-refractivity contribution is 0.0526. The van der Waals surface area contributed by atoms with Crippen LogP contribution in [0, 0.1) is 0 Å². The predicted octanol–water partition coefficient (Wildman–Crippen LogP) is 2.38. The van der Waals surface area contributed by atoms with Crippen molar-refractivity contribution in [3.05, 3.63) is 23.1 Å². The van der Waals surface area contributed by atoms with Crippen molar-refractivity contribution in [2.24, 2.45) is 5.11 Å². The average Bonchev–Trinajstić information content (AvgIpc) is 2.09. The van der Waals surface area contributed by atoms with Crippen LogP contribution in [0.4, 0.5) is 4.79 Å². The van der Waals surface area contributed by atoms with E-state index >= 15 is 0 Å². The van der Waals surface area contributed by atoms with Crippen LogP contribution in [0.2, 0.25) is 0 Å². The average molecular weight is 212 g/mol. The van der Waals surface area contributed by atoms with Gasteiger partial charge in [0.1, 0.15) is 5.60 Å². The third-order valence-electron chi connectivity index (χ3n) is 1.33. The van der Waals surface area contributed by atoms with Crippen molar-refractivity contribution in [1.29, 1.82) is 0 Å². The zero-order chi connectivity index (χ0) is 11.9. The van der Waals surface area contributed by atoms with Crippen LogP contribution in [0.25, 0.3) is 10.4 Å². The third-order valence-corrected chi connectivity index (χ3v) is 1.33. The molecule has 1 N–H and O–H groups in total. The molecule has 0 aliphatic heterocycles. The third kappa shape index (κ3) is 7.40. The second kappa shape index (κ2) is 5.93. The number of nitrogens with zero attached hydrogens (tertiary/aromatic N) is 3. The Morgan fingerprint density at radius 1 is 1.73 bits per heavy atom. The molecule has 15 heavy (non-hydrogen) atoms. The normalized spacial score (nSPS) is 12.2. The van der Waals surface area contributed by atoms with E-state index in [1.807, 2.05) is 0 Å². The van der Waals surface area contributed by atoms with E-state index < -0.39 is 17.7 Å². The van der Waals surface area contributed by atoms with Crippen molar-refractivity contribution in [3.8, 4) is 0 Å². The van der Waals surface area contributed by atoms with Gasteiger partial charge in [-0.1, -0.05) is 11.2 Å². The molecule has 1 amide bonds. The van der Waals surface area contributed by atoms with Gasteiger partial charge in [-0.2, -0.15) is 0 Å². The summed E-state index contributed by atoms with van der Waals surface area (Å²) in [6.07, 6.45) is 0.916. The number of alkyl carbamates (subject to hydrolysis) is 1. The number of carbonyl (C=O) groups is 1. The predicted molar refractivity (Wildman–Crippen MR) is 57.4 cm³/mol. The van der Waals surface area contributed by atoms with E-state index in [0.29, 0.717) is 0 Å². The second-order valence-corrected chi connectivity index (χ2v) is 3.89. The van der Waals surface area contributed by atoms with Gasteiger partial charge in [-0.05, 0) is 26.3 Å². The maximum Gasteiger partial charge on any atom is 0.407 e. The van der Waals surface area contributed by atoms with E-state index in [-0.39, 0.29) is 6.54 Å². The van der Waals surface area contributed by atoms with E-state index in [0.717, 1.165) is 0 Å². The van der Waals surface area contributed by atoms with Crippen molar-refractivity contribution in [2.45, 2.75) is 32.4 Å². The fourth-order valence-corrected chi connectivity index (χ4v) is 0.740. The van der Waals surface area contributed by atoms with Crippen LogP contribution in [0.15, 0.2) is 17.8 Å². The molecule has 1 atom stereocenters. The smallest absolute Gasteiger partial charge is 0.407 e. The van der Waals surface area contributed by atoms with Gasteiger partial charge < -0.3 is 10.1 Å². The van der Waals surface area contributed by atoms with Gasteiger partial charge in [0.25, 0.3) is 0 Å². The van der Waals surface area contributed by atoms with Crippen molar-refractivity contribution < 1.29 is 9.53 Å². The van der Waals surface area contributed by atoms with Crippen molar-refractivity contribution >= 4 is 6.09 Å². The van der Waals surface area contributed by atoms with E-state index in [1.54, 1.807) is 20.8 Å². The molecular weight excluding hydrogens is 196 g/mol. The largest absolute Gasteiger partial charge is 0.444 e. The minimum absolute atomic E-state index is 0.183. The van der Waals surface area contributed by atoms with E-state index in [4.69, 9.17) is 10.3 Å². The highest BCUT2D eigenvalue weighted by Crippen LogP contribution is 2.06. The van der Waals surface area contributed by atoms with Crippen LogP contribution < -0.4 is 5.32 Å². The lowest BCUT2D eigenvalue weighted by atomic mass is 10.2. The summed E-state index contributed by atoms with van der Waals surface area (Å²) in [7, 11) is 0. The van der Waals surface area contributed by atoms with Crippen LogP contribution in [0.3, 0.4) is 0 Å². The Labute approximate surface area is 88.9 Å². The first kappa shape index (κ1) is 13.3. The molecule has 0 spiro atoms. The van der Waals surface area contributed by atoms with Crippen LogP contribution in [-0.2, 0) is 4.74 Å². The van der Waals surface area contributed by atoms with Crippen molar-refractivity contribution in [2.75, 3.05) is 6.54 Å². The second-order valence-electron chi connectivity index (χ2n) is 3.89. The minimum atomic E-state index is -0.539. The number of amides is 1. The molecule has 0 fully saturated rings. The number of carbonyl (C=O) groups excluding carboxylic acids is 1. The molecule has 1 unspecified atom stereocenters. The van der Waals surface area contributed by atoms with Crippen LogP contribution in [0.5, 0.6) is 0 Å². The molecule has 0 bridgehead atoms. The molecule has 0 aromatic rings. The number of nitrogens with one attached hydrogen (secondary N) is 1. The van der Waals surface area contributed by atoms with E-state index in [2.05, 4.69) is 21.9 Å². The summed E-state index contributed by atoms with van der Waals surface area (Å²) < 4.78 is 4.99. The fourth-order valence-electron chi connectivity index (χ4n) is 0.740. The Hall–Kier alpha value is -1.68. The molecule has 0 aromatic heterocycles. The highest BCUT2D eigenvalue weighted by molar-refractivity contribution is 5.67. The zero-order valence-electron chi connectivity index (χ0n) is 9.23. The van der Waals surface area contributed by atoms with Gasteiger partial charge in [0.2, 0.25) is 0 Å². The lowest BCUT2D eigenvalue weighted by Gasteiger charge is -2.20. The molecule has 0 rings (SSSR count). The summed E-state index contributed by atoms with van der Waals surface area (Å²) >= 11 is 0. The SMILES string of the molecule is C=CC(CNC(=O)OC(C)(C)C)N=[N+]=[N-]. The van der Waals surface area contributed by atoms with Gasteiger partial charge in [0.15, 0.2) is 0 Å². The summed E-state index contributed by atoms with van der Waals surface area (Å²) in [6.45, 7) is 8.96. The van der Waals surface area contributed by atoms with Crippen LogP contribution in [-0.4, -0.2) is 24.3 Å². The first-order valence-corrected chi connectivity index (χ1v) is 4.52. The lowest BCUT2D eigenvalue weighted by Crippen LogP contribution is -2.35. The van der Waals surface area contributed by atoms with Gasteiger partial charge in [0, 0.05) is 11.5 Å². The monoisotopic (exact) mass is 212 g/mol. The first-order chi connectivity index (χ1) is 6.89. The summed E-state index contributed by atoms with van der Waals surface area (Å²) in [5.74, 6) is 0. The Morgan fingerprint density at radius 2 is 2.33 bits per heavy atom. The zero-order valence-corrected chi connectivity index (χ0v) is 9.23. The highest BCUT2D eigenvalue weighted by atomic mass is 16.6. The topological polar surface area (TPSA) is 87.1 Å². The molecule has 84 valence electrons.